The van der Waals surface area contributed by atoms with Gasteiger partial charge in [0, 0.05) is 38.3 Å². The third-order valence-corrected chi connectivity index (χ3v) is 4.32. The predicted octanol–water partition coefficient (Wildman–Crippen LogP) is 2.86. The molecule has 1 saturated heterocycles. The molecule has 5 heteroatoms. The first-order valence-electron chi connectivity index (χ1n) is 8.22. The van der Waals surface area contributed by atoms with E-state index < -0.39 is 5.97 Å². The first-order valence-corrected chi connectivity index (χ1v) is 8.22. The van der Waals surface area contributed by atoms with E-state index in [1.165, 1.54) is 0 Å². The number of benzene rings is 1. The van der Waals surface area contributed by atoms with E-state index in [0.29, 0.717) is 12.3 Å². The van der Waals surface area contributed by atoms with Gasteiger partial charge in [-0.15, -0.1) is 0 Å². The zero-order valence-electron chi connectivity index (χ0n) is 14.2. The Morgan fingerprint density at radius 1 is 1.30 bits per heavy atom. The van der Waals surface area contributed by atoms with E-state index >= 15 is 0 Å². The maximum absolute atomic E-state index is 12.3. The molecule has 1 unspecified atom stereocenters. The second kappa shape index (κ2) is 7.49. The van der Waals surface area contributed by atoms with Gasteiger partial charge in [0.25, 0.3) is 0 Å². The van der Waals surface area contributed by atoms with Crippen LogP contribution in [0.15, 0.2) is 24.3 Å². The van der Waals surface area contributed by atoms with Crippen molar-refractivity contribution < 1.29 is 14.7 Å². The molecule has 1 aromatic carbocycles. The molecule has 2 rings (SSSR count). The third kappa shape index (κ3) is 4.47. The summed E-state index contributed by atoms with van der Waals surface area (Å²) >= 11 is 0. The van der Waals surface area contributed by atoms with E-state index in [4.69, 9.17) is 5.11 Å². The van der Waals surface area contributed by atoms with Crippen LogP contribution in [0, 0.1) is 5.92 Å². The number of anilines is 1. The molecule has 0 spiro atoms. The molecule has 1 aliphatic rings. The number of likely N-dealkylation sites (N-methyl/N-ethyl adjacent to an activating group) is 1. The van der Waals surface area contributed by atoms with Crippen molar-refractivity contribution in [2.24, 2.45) is 5.92 Å². The summed E-state index contributed by atoms with van der Waals surface area (Å²) in [6.45, 7) is 5.76. The zero-order valence-corrected chi connectivity index (χ0v) is 14.2. The van der Waals surface area contributed by atoms with Gasteiger partial charge < -0.3 is 14.9 Å². The normalized spacial score (nSPS) is 17.6. The largest absolute Gasteiger partial charge is 0.478 e. The molecule has 1 aliphatic heterocycles. The van der Waals surface area contributed by atoms with Crippen molar-refractivity contribution in [3.63, 3.8) is 0 Å². The SMILES string of the molecule is CC(C)CC(=O)N1CCCC1CN(C)c1ccc(C(=O)O)cc1. The first-order chi connectivity index (χ1) is 10.9. The molecule has 1 N–H and O–H groups in total. The number of carbonyl (C=O) groups excluding carboxylic acids is 1. The Hall–Kier alpha value is -2.04. The minimum Gasteiger partial charge on any atom is -0.478 e. The van der Waals surface area contributed by atoms with Crippen LogP contribution >= 0.6 is 0 Å². The zero-order chi connectivity index (χ0) is 17.0. The Labute approximate surface area is 137 Å². The van der Waals surface area contributed by atoms with Gasteiger partial charge in [0.15, 0.2) is 0 Å². The molecule has 1 atom stereocenters. The van der Waals surface area contributed by atoms with Crippen LogP contribution in [0.1, 0.15) is 43.5 Å². The molecule has 1 aromatic rings. The first kappa shape index (κ1) is 17.3. The summed E-state index contributed by atoms with van der Waals surface area (Å²) in [5.41, 5.74) is 1.26. The number of carboxylic acid groups (broad SMARTS) is 1. The molecule has 1 fully saturated rings. The van der Waals surface area contributed by atoms with E-state index in [9.17, 15) is 9.59 Å². The average molecular weight is 318 g/mol. The molecule has 0 radical (unpaired) electrons. The second-order valence-electron chi connectivity index (χ2n) is 6.71. The van der Waals surface area contributed by atoms with Crippen LogP contribution in [-0.2, 0) is 4.79 Å². The van der Waals surface area contributed by atoms with Crippen molar-refractivity contribution in [3.05, 3.63) is 29.8 Å². The minimum atomic E-state index is -0.916. The highest BCUT2D eigenvalue weighted by atomic mass is 16.4. The molecule has 0 bridgehead atoms. The van der Waals surface area contributed by atoms with E-state index in [1.807, 2.05) is 24.1 Å². The van der Waals surface area contributed by atoms with Crippen molar-refractivity contribution in [2.75, 3.05) is 25.0 Å². The van der Waals surface area contributed by atoms with E-state index in [-0.39, 0.29) is 17.5 Å². The summed E-state index contributed by atoms with van der Waals surface area (Å²) in [5, 5.41) is 8.95. The molecule has 1 amide bonds. The van der Waals surface area contributed by atoms with Crippen LogP contribution < -0.4 is 4.90 Å². The number of carboxylic acids is 1. The predicted molar refractivity (Wildman–Crippen MR) is 90.9 cm³/mol. The summed E-state index contributed by atoms with van der Waals surface area (Å²) < 4.78 is 0. The molecule has 5 nitrogen and oxygen atoms in total. The number of hydrogen-bond donors (Lipinski definition) is 1. The van der Waals surface area contributed by atoms with Gasteiger partial charge in [0.2, 0.25) is 5.91 Å². The number of likely N-dealkylation sites (tertiary alicyclic amines) is 1. The number of amides is 1. The smallest absolute Gasteiger partial charge is 0.335 e. The maximum atomic E-state index is 12.3. The van der Waals surface area contributed by atoms with E-state index in [0.717, 1.165) is 31.6 Å². The highest BCUT2D eigenvalue weighted by Crippen LogP contribution is 2.23. The summed E-state index contributed by atoms with van der Waals surface area (Å²) in [5.74, 6) is -0.289. The van der Waals surface area contributed by atoms with Crippen molar-refractivity contribution in [2.45, 2.75) is 39.2 Å². The summed E-state index contributed by atoms with van der Waals surface area (Å²) in [6.07, 6.45) is 2.69. The summed E-state index contributed by atoms with van der Waals surface area (Å²) in [4.78, 5) is 27.4. The number of rotatable bonds is 6. The van der Waals surface area contributed by atoms with Gasteiger partial charge >= 0.3 is 5.97 Å². The number of carbonyl (C=O) groups is 2. The average Bonchev–Trinajstić information content (AvgIpc) is 2.94. The topological polar surface area (TPSA) is 60.9 Å². The fraction of sp³-hybridized carbons (Fsp3) is 0.556. The van der Waals surface area contributed by atoms with Crippen molar-refractivity contribution in [1.29, 1.82) is 0 Å². The van der Waals surface area contributed by atoms with Crippen molar-refractivity contribution >= 4 is 17.6 Å². The van der Waals surface area contributed by atoms with E-state index in [1.54, 1.807) is 12.1 Å². The van der Waals surface area contributed by atoms with Crippen LogP contribution in [0.2, 0.25) is 0 Å². The molecule has 1 heterocycles. The Balaban J connectivity index is 1.99. The standard InChI is InChI=1S/C18H26N2O3/c1-13(2)11-17(21)20-10-4-5-16(20)12-19(3)15-8-6-14(7-9-15)18(22)23/h6-9,13,16H,4-5,10-12H2,1-3H3,(H,22,23). The highest BCUT2D eigenvalue weighted by molar-refractivity contribution is 5.88. The lowest BCUT2D eigenvalue weighted by atomic mass is 10.1. The van der Waals surface area contributed by atoms with Crippen LogP contribution in [0.25, 0.3) is 0 Å². The molecule has 23 heavy (non-hydrogen) atoms. The van der Waals surface area contributed by atoms with Crippen LogP contribution in [0.5, 0.6) is 0 Å². The molecule has 0 saturated carbocycles. The third-order valence-electron chi connectivity index (χ3n) is 4.32. The van der Waals surface area contributed by atoms with Gasteiger partial charge in [-0.3, -0.25) is 4.79 Å². The molecule has 126 valence electrons. The van der Waals surface area contributed by atoms with Gasteiger partial charge in [0.1, 0.15) is 0 Å². The minimum absolute atomic E-state index is 0.241. The van der Waals surface area contributed by atoms with Gasteiger partial charge in [-0.25, -0.2) is 4.79 Å². The second-order valence-corrected chi connectivity index (χ2v) is 6.71. The summed E-state index contributed by atoms with van der Waals surface area (Å²) in [6, 6.07) is 7.11. The van der Waals surface area contributed by atoms with Crippen LogP contribution in [0.4, 0.5) is 5.69 Å². The van der Waals surface area contributed by atoms with Crippen molar-refractivity contribution in [3.8, 4) is 0 Å². The lowest BCUT2D eigenvalue weighted by Crippen LogP contribution is -2.42. The lowest BCUT2D eigenvalue weighted by molar-refractivity contribution is -0.132. The number of aromatic carboxylic acids is 1. The molecule has 0 aliphatic carbocycles. The van der Waals surface area contributed by atoms with Gasteiger partial charge in [-0.2, -0.15) is 0 Å². The Morgan fingerprint density at radius 2 is 1.96 bits per heavy atom. The molecule has 0 aromatic heterocycles. The highest BCUT2D eigenvalue weighted by Gasteiger charge is 2.29. The van der Waals surface area contributed by atoms with Crippen LogP contribution in [0.3, 0.4) is 0 Å². The Kier molecular flexibility index (Phi) is 5.64. The number of hydrogen-bond acceptors (Lipinski definition) is 3. The molecular weight excluding hydrogens is 292 g/mol. The van der Waals surface area contributed by atoms with Crippen molar-refractivity contribution in [1.82, 2.24) is 4.90 Å². The lowest BCUT2D eigenvalue weighted by Gasteiger charge is -2.30. The van der Waals surface area contributed by atoms with Gasteiger partial charge in [-0.1, -0.05) is 13.8 Å². The van der Waals surface area contributed by atoms with E-state index in [2.05, 4.69) is 18.7 Å². The van der Waals surface area contributed by atoms with Crippen LogP contribution in [-0.4, -0.2) is 48.1 Å². The molecular formula is C18H26N2O3. The Bertz CT molecular complexity index is 554. The Morgan fingerprint density at radius 3 is 2.52 bits per heavy atom. The van der Waals surface area contributed by atoms with Gasteiger partial charge in [-0.05, 0) is 43.0 Å². The fourth-order valence-corrected chi connectivity index (χ4v) is 3.10. The fourth-order valence-electron chi connectivity index (χ4n) is 3.10. The number of nitrogens with zero attached hydrogens (tertiary/aromatic N) is 2. The summed E-state index contributed by atoms with van der Waals surface area (Å²) in [7, 11) is 1.99. The monoisotopic (exact) mass is 318 g/mol. The maximum Gasteiger partial charge on any atom is 0.335 e. The quantitative estimate of drug-likeness (QED) is 0.876. The van der Waals surface area contributed by atoms with Gasteiger partial charge in [0.05, 0.1) is 5.56 Å².